The fourth-order valence-electron chi connectivity index (χ4n) is 2.16. The van der Waals surface area contributed by atoms with Crippen LogP contribution in [0.4, 0.5) is 0 Å². The summed E-state index contributed by atoms with van der Waals surface area (Å²) in [5, 5.41) is 4.79. The maximum absolute atomic E-state index is 6.39. The van der Waals surface area contributed by atoms with E-state index < -0.39 is 0 Å². The maximum Gasteiger partial charge on any atom is 0.255 e. The van der Waals surface area contributed by atoms with Crippen molar-refractivity contribution in [1.29, 1.82) is 0 Å². The summed E-state index contributed by atoms with van der Waals surface area (Å²) in [6.07, 6.45) is 1.40. The smallest absolute Gasteiger partial charge is 0.198 e. The van der Waals surface area contributed by atoms with Crippen molar-refractivity contribution in [3.63, 3.8) is 0 Å². The summed E-state index contributed by atoms with van der Waals surface area (Å²) in [5.74, 6) is 0.389. The fraction of sp³-hybridized carbons (Fsp3) is 0.267. The van der Waals surface area contributed by atoms with Crippen molar-refractivity contribution in [2.45, 2.75) is 26.2 Å². The molecule has 4 nitrogen and oxygen atoms in total. The van der Waals surface area contributed by atoms with Crippen molar-refractivity contribution in [2.75, 3.05) is 0 Å². The van der Waals surface area contributed by atoms with E-state index in [1.54, 1.807) is 0 Å². The molecule has 0 saturated heterocycles. The van der Waals surface area contributed by atoms with Crippen LogP contribution in [-0.2, 0) is 5.41 Å². The summed E-state index contributed by atoms with van der Waals surface area (Å²) in [5.41, 5.74) is 2.91. The first kappa shape index (κ1) is 14.3. The molecule has 0 unspecified atom stereocenters. The van der Waals surface area contributed by atoms with Gasteiger partial charge in [0.05, 0.1) is 5.56 Å². The monoisotopic (exact) mass is 320 g/mol. The molecule has 3 rings (SSSR count). The van der Waals surface area contributed by atoms with Crippen LogP contribution in [0.15, 0.2) is 30.6 Å². The molecule has 0 spiro atoms. The quantitative estimate of drug-likeness (QED) is 0.624. The lowest BCUT2D eigenvalue weighted by molar-refractivity contribution is 0.590. The Hall–Kier alpha value is -1.65. The molecule has 0 bridgehead atoms. The predicted molar refractivity (Wildman–Crippen MR) is 84.9 cm³/mol. The molecule has 21 heavy (non-hydrogen) atoms. The van der Waals surface area contributed by atoms with Gasteiger partial charge in [0.2, 0.25) is 0 Å². The Balaban J connectivity index is 2.16. The highest BCUT2D eigenvalue weighted by molar-refractivity contribution is 6.38. The molecule has 0 atom stereocenters. The van der Waals surface area contributed by atoms with E-state index in [4.69, 9.17) is 23.2 Å². The normalized spacial score (nSPS) is 12.0. The van der Waals surface area contributed by atoms with E-state index in [0.717, 1.165) is 5.56 Å². The Morgan fingerprint density at radius 2 is 1.71 bits per heavy atom. The van der Waals surface area contributed by atoms with Crippen LogP contribution in [0.5, 0.6) is 0 Å². The van der Waals surface area contributed by atoms with Crippen LogP contribution in [0, 0.1) is 0 Å². The third-order valence-electron chi connectivity index (χ3n) is 3.37. The summed E-state index contributed by atoms with van der Waals surface area (Å²) < 4.78 is 1.47. The molecule has 0 amide bonds. The minimum absolute atomic E-state index is 0.0974. The molecular weight excluding hydrogens is 307 g/mol. The number of fused-ring (bicyclic) bond motifs is 1. The van der Waals surface area contributed by atoms with E-state index >= 15 is 0 Å². The lowest BCUT2D eigenvalue weighted by atomic mass is 9.86. The molecule has 2 aromatic heterocycles. The van der Waals surface area contributed by atoms with E-state index in [1.807, 2.05) is 12.1 Å². The lowest BCUT2D eigenvalue weighted by Crippen LogP contribution is -2.10. The van der Waals surface area contributed by atoms with Gasteiger partial charge in [-0.05, 0) is 16.5 Å². The first-order chi connectivity index (χ1) is 9.88. The molecule has 108 valence electrons. The summed E-state index contributed by atoms with van der Waals surface area (Å²) in [6, 6.07) is 8.15. The van der Waals surface area contributed by atoms with Gasteiger partial charge in [-0.3, -0.25) is 0 Å². The Bertz CT molecular complexity index is 801. The topological polar surface area (TPSA) is 43.1 Å². The molecular formula is C15H14Cl2N4. The standard InChI is InChI=1S/C15H14Cl2N4/c1-15(2,3)10-6-4-9(5-7-10)11-12(16)20-14-18-8-19-21(14)13(11)17/h4-8H,1-3H3. The average molecular weight is 321 g/mol. The van der Waals surface area contributed by atoms with Gasteiger partial charge in [-0.1, -0.05) is 68.2 Å². The molecule has 0 radical (unpaired) electrons. The summed E-state index contributed by atoms with van der Waals surface area (Å²) >= 11 is 12.6. The predicted octanol–water partition coefficient (Wildman–Crippen LogP) is 4.40. The summed E-state index contributed by atoms with van der Waals surface area (Å²) in [7, 11) is 0. The minimum Gasteiger partial charge on any atom is -0.198 e. The van der Waals surface area contributed by atoms with Gasteiger partial charge in [-0.2, -0.15) is 19.6 Å². The zero-order valence-electron chi connectivity index (χ0n) is 11.9. The highest BCUT2D eigenvalue weighted by atomic mass is 35.5. The number of hydrogen-bond acceptors (Lipinski definition) is 3. The van der Waals surface area contributed by atoms with Crippen LogP contribution in [0.2, 0.25) is 10.3 Å². The van der Waals surface area contributed by atoms with Crippen LogP contribution in [0.1, 0.15) is 26.3 Å². The molecule has 2 heterocycles. The second kappa shape index (κ2) is 4.97. The molecule has 3 aromatic rings. The Labute approximate surface area is 132 Å². The number of halogens is 2. The Morgan fingerprint density at radius 1 is 1.05 bits per heavy atom. The third kappa shape index (κ3) is 2.49. The molecule has 0 saturated carbocycles. The number of aromatic nitrogens is 4. The molecule has 0 aliphatic rings. The second-order valence-electron chi connectivity index (χ2n) is 5.87. The van der Waals surface area contributed by atoms with Crippen LogP contribution in [0.3, 0.4) is 0 Å². The maximum atomic E-state index is 6.39. The largest absolute Gasteiger partial charge is 0.255 e. The van der Waals surface area contributed by atoms with E-state index in [1.165, 1.54) is 16.4 Å². The van der Waals surface area contributed by atoms with Gasteiger partial charge in [0.25, 0.3) is 5.78 Å². The first-order valence-corrected chi connectivity index (χ1v) is 7.29. The average Bonchev–Trinajstić information content (AvgIpc) is 2.86. The van der Waals surface area contributed by atoms with Gasteiger partial charge < -0.3 is 0 Å². The van der Waals surface area contributed by atoms with Crippen LogP contribution in [0.25, 0.3) is 16.9 Å². The molecule has 6 heteroatoms. The zero-order valence-corrected chi connectivity index (χ0v) is 13.4. The highest BCUT2D eigenvalue weighted by Crippen LogP contribution is 2.34. The number of nitrogens with zero attached hydrogens (tertiary/aromatic N) is 4. The zero-order chi connectivity index (χ0) is 15.2. The molecule has 0 N–H and O–H groups in total. The van der Waals surface area contributed by atoms with Crippen molar-refractivity contribution < 1.29 is 0 Å². The van der Waals surface area contributed by atoms with Crippen molar-refractivity contribution in [3.8, 4) is 11.1 Å². The number of hydrogen-bond donors (Lipinski definition) is 0. The van der Waals surface area contributed by atoms with Gasteiger partial charge in [-0.15, -0.1) is 0 Å². The summed E-state index contributed by atoms with van der Waals surface area (Å²) in [4.78, 5) is 8.21. The lowest BCUT2D eigenvalue weighted by Gasteiger charge is -2.19. The van der Waals surface area contributed by atoms with Crippen molar-refractivity contribution in [2.24, 2.45) is 0 Å². The molecule has 0 aliphatic carbocycles. The van der Waals surface area contributed by atoms with Crippen molar-refractivity contribution in [1.82, 2.24) is 19.6 Å². The van der Waals surface area contributed by atoms with Crippen LogP contribution < -0.4 is 0 Å². The third-order valence-corrected chi connectivity index (χ3v) is 3.99. The van der Waals surface area contributed by atoms with Gasteiger partial charge in [-0.25, -0.2) is 0 Å². The first-order valence-electron chi connectivity index (χ1n) is 6.53. The van der Waals surface area contributed by atoms with Crippen LogP contribution >= 0.6 is 23.2 Å². The second-order valence-corrected chi connectivity index (χ2v) is 6.58. The Kier molecular flexibility index (Phi) is 3.38. The van der Waals surface area contributed by atoms with Gasteiger partial charge in [0.15, 0.2) is 0 Å². The molecule has 1 aromatic carbocycles. The van der Waals surface area contributed by atoms with E-state index in [0.29, 0.717) is 21.6 Å². The summed E-state index contributed by atoms with van der Waals surface area (Å²) in [6.45, 7) is 6.51. The van der Waals surface area contributed by atoms with Gasteiger partial charge in [0.1, 0.15) is 16.6 Å². The van der Waals surface area contributed by atoms with E-state index in [-0.39, 0.29) is 5.41 Å². The number of benzene rings is 1. The van der Waals surface area contributed by atoms with Gasteiger partial charge in [0, 0.05) is 0 Å². The van der Waals surface area contributed by atoms with Crippen molar-refractivity contribution >= 4 is 29.0 Å². The van der Waals surface area contributed by atoms with Crippen molar-refractivity contribution in [3.05, 3.63) is 46.5 Å². The van der Waals surface area contributed by atoms with Crippen LogP contribution in [-0.4, -0.2) is 19.6 Å². The van der Waals surface area contributed by atoms with E-state index in [2.05, 4.69) is 48.0 Å². The number of rotatable bonds is 1. The minimum atomic E-state index is 0.0974. The van der Waals surface area contributed by atoms with Gasteiger partial charge >= 0.3 is 0 Å². The molecule has 0 fully saturated rings. The fourth-order valence-corrected chi connectivity index (χ4v) is 2.80. The highest BCUT2D eigenvalue weighted by Gasteiger charge is 2.17. The van der Waals surface area contributed by atoms with E-state index in [9.17, 15) is 0 Å². The Morgan fingerprint density at radius 3 is 2.33 bits per heavy atom. The molecule has 0 aliphatic heterocycles. The SMILES string of the molecule is CC(C)(C)c1ccc(-c2c(Cl)nc3ncnn3c2Cl)cc1.